The summed E-state index contributed by atoms with van der Waals surface area (Å²) in [6.45, 7) is 3.10. The Hall–Kier alpha value is -3.54. The van der Waals surface area contributed by atoms with Crippen LogP contribution in [-0.2, 0) is 6.54 Å². The zero-order chi connectivity index (χ0) is 17.5. The lowest BCUT2D eigenvalue weighted by molar-refractivity contribution is 0.804. The van der Waals surface area contributed by atoms with Gasteiger partial charge in [0.1, 0.15) is 11.4 Å². The summed E-state index contributed by atoms with van der Waals surface area (Å²) in [5, 5.41) is 18.9. The van der Waals surface area contributed by atoms with Gasteiger partial charge in [-0.05, 0) is 43.3 Å². The molecule has 2 aromatic carbocycles. The normalized spacial score (nSPS) is 11.4. The third kappa shape index (κ3) is 2.12. The number of para-hydroxylation sites is 1. The summed E-state index contributed by atoms with van der Waals surface area (Å²) in [5.41, 5.74) is 4.98. The van der Waals surface area contributed by atoms with Crippen molar-refractivity contribution in [1.29, 1.82) is 0 Å². The molecule has 0 radical (unpaired) electrons. The molecule has 0 spiro atoms. The Bertz CT molecular complexity index is 1220. The van der Waals surface area contributed by atoms with Gasteiger partial charge in [-0.25, -0.2) is 4.68 Å². The maximum Gasteiger partial charge on any atom is 0.115 e. The van der Waals surface area contributed by atoms with E-state index in [2.05, 4.69) is 74.5 Å². The van der Waals surface area contributed by atoms with Crippen LogP contribution in [0.15, 0.2) is 67.0 Å². The Balaban J connectivity index is 1.75. The molecule has 5 aromatic rings. The molecule has 6 heteroatoms. The van der Waals surface area contributed by atoms with Crippen LogP contribution in [0.25, 0.3) is 38.9 Å². The molecule has 0 N–H and O–H groups in total. The van der Waals surface area contributed by atoms with Crippen molar-refractivity contribution in [2.45, 2.75) is 13.5 Å². The molecular formula is C20H16N6. The van der Waals surface area contributed by atoms with Crippen LogP contribution >= 0.6 is 0 Å². The maximum atomic E-state index is 4.27. The van der Waals surface area contributed by atoms with Gasteiger partial charge in [0.05, 0.1) is 11.9 Å². The highest BCUT2D eigenvalue weighted by atomic mass is 15.4. The zero-order valence-corrected chi connectivity index (χ0v) is 14.2. The van der Waals surface area contributed by atoms with Crippen LogP contribution in [-0.4, -0.2) is 29.8 Å². The van der Waals surface area contributed by atoms with E-state index in [0.717, 1.165) is 23.6 Å². The summed E-state index contributed by atoms with van der Waals surface area (Å²) in [4.78, 5) is 0. The third-order valence-corrected chi connectivity index (χ3v) is 4.70. The largest absolute Gasteiger partial charge is 0.341 e. The minimum Gasteiger partial charge on any atom is -0.341 e. The lowest BCUT2D eigenvalue weighted by Gasteiger charge is -2.07. The molecule has 0 aliphatic rings. The molecule has 0 amide bonds. The van der Waals surface area contributed by atoms with Gasteiger partial charge in [0.2, 0.25) is 0 Å². The Labute approximate surface area is 149 Å². The van der Waals surface area contributed by atoms with Gasteiger partial charge in [-0.1, -0.05) is 23.4 Å². The number of rotatable bonds is 3. The predicted octanol–water partition coefficient (Wildman–Crippen LogP) is 3.85. The molecule has 0 bridgehead atoms. The van der Waals surface area contributed by atoms with Crippen LogP contribution in [0.2, 0.25) is 0 Å². The molecule has 0 aliphatic carbocycles. The van der Waals surface area contributed by atoms with Gasteiger partial charge >= 0.3 is 0 Å². The zero-order valence-electron chi connectivity index (χ0n) is 14.2. The SMILES string of the molecule is CCn1c2ccccc2c2cc(-n3nncc3-c3cccnn3)ccc21. The van der Waals surface area contributed by atoms with Gasteiger partial charge in [0, 0.05) is 34.5 Å². The summed E-state index contributed by atoms with van der Waals surface area (Å²) < 4.78 is 4.14. The highest BCUT2D eigenvalue weighted by Gasteiger charge is 2.14. The lowest BCUT2D eigenvalue weighted by atomic mass is 10.1. The van der Waals surface area contributed by atoms with Gasteiger partial charge in [-0.2, -0.15) is 5.10 Å². The minimum absolute atomic E-state index is 0.744. The molecular weight excluding hydrogens is 324 g/mol. The fourth-order valence-corrected chi connectivity index (χ4v) is 3.55. The predicted molar refractivity (Wildman–Crippen MR) is 101 cm³/mol. The number of aryl methyl sites for hydroxylation is 1. The highest BCUT2D eigenvalue weighted by molar-refractivity contribution is 6.08. The smallest absolute Gasteiger partial charge is 0.115 e. The Morgan fingerprint density at radius 3 is 2.62 bits per heavy atom. The first kappa shape index (κ1) is 14.8. The second-order valence-electron chi connectivity index (χ2n) is 6.10. The van der Waals surface area contributed by atoms with E-state index in [4.69, 9.17) is 0 Å². The van der Waals surface area contributed by atoms with Crippen LogP contribution < -0.4 is 0 Å². The Kier molecular flexibility index (Phi) is 3.28. The van der Waals surface area contributed by atoms with Crippen LogP contribution in [0, 0.1) is 0 Å². The molecule has 0 saturated carbocycles. The van der Waals surface area contributed by atoms with E-state index < -0.39 is 0 Å². The Morgan fingerprint density at radius 2 is 1.77 bits per heavy atom. The van der Waals surface area contributed by atoms with Crippen molar-refractivity contribution in [2.24, 2.45) is 0 Å². The number of benzene rings is 2. The van der Waals surface area contributed by atoms with E-state index in [0.29, 0.717) is 0 Å². The number of nitrogens with zero attached hydrogens (tertiary/aromatic N) is 6. The van der Waals surface area contributed by atoms with Crippen LogP contribution in [0.4, 0.5) is 0 Å². The topological polar surface area (TPSA) is 61.4 Å². The van der Waals surface area contributed by atoms with E-state index in [1.54, 1.807) is 12.4 Å². The Morgan fingerprint density at radius 1 is 0.885 bits per heavy atom. The quantitative estimate of drug-likeness (QED) is 0.500. The van der Waals surface area contributed by atoms with E-state index in [-0.39, 0.29) is 0 Å². The third-order valence-electron chi connectivity index (χ3n) is 4.70. The molecule has 0 aliphatic heterocycles. The number of aromatic nitrogens is 6. The van der Waals surface area contributed by atoms with Gasteiger partial charge in [0.25, 0.3) is 0 Å². The average Bonchev–Trinajstić information content (AvgIpc) is 3.31. The summed E-state index contributed by atoms with van der Waals surface area (Å²) >= 11 is 0. The van der Waals surface area contributed by atoms with Crippen LogP contribution in [0.3, 0.4) is 0 Å². The molecule has 126 valence electrons. The first-order chi connectivity index (χ1) is 12.9. The molecule has 3 aromatic heterocycles. The fourth-order valence-electron chi connectivity index (χ4n) is 3.55. The molecule has 0 fully saturated rings. The van der Waals surface area contributed by atoms with Gasteiger partial charge in [-0.15, -0.1) is 10.2 Å². The number of hydrogen-bond donors (Lipinski definition) is 0. The van der Waals surface area contributed by atoms with Crippen molar-refractivity contribution in [3.8, 4) is 17.1 Å². The maximum absolute atomic E-state index is 4.27. The van der Waals surface area contributed by atoms with Crippen LogP contribution in [0.1, 0.15) is 6.92 Å². The summed E-state index contributed by atoms with van der Waals surface area (Å²) in [6.07, 6.45) is 3.37. The summed E-state index contributed by atoms with van der Waals surface area (Å²) in [6, 6.07) is 18.6. The molecule has 3 heterocycles. The van der Waals surface area contributed by atoms with Crippen molar-refractivity contribution < 1.29 is 0 Å². The second-order valence-corrected chi connectivity index (χ2v) is 6.10. The second kappa shape index (κ2) is 5.77. The average molecular weight is 340 g/mol. The first-order valence-corrected chi connectivity index (χ1v) is 8.57. The van der Waals surface area contributed by atoms with Crippen molar-refractivity contribution >= 4 is 21.8 Å². The lowest BCUT2D eigenvalue weighted by Crippen LogP contribution is -2.01. The molecule has 5 rings (SSSR count). The van der Waals surface area contributed by atoms with Gasteiger partial charge < -0.3 is 4.57 Å². The van der Waals surface area contributed by atoms with Crippen molar-refractivity contribution in [2.75, 3.05) is 0 Å². The van der Waals surface area contributed by atoms with Crippen LogP contribution in [0.5, 0.6) is 0 Å². The van der Waals surface area contributed by atoms with Crippen molar-refractivity contribution in [1.82, 2.24) is 29.8 Å². The summed E-state index contributed by atoms with van der Waals surface area (Å²) in [5.74, 6) is 0. The standard InChI is InChI=1S/C20H16N6/c1-2-25-18-8-4-3-6-15(18)16-12-14(9-10-19(16)25)26-20(13-22-24-26)17-7-5-11-21-23-17/h3-13H,2H2,1H3. The monoisotopic (exact) mass is 340 g/mol. The molecule has 26 heavy (non-hydrogen) atoms. The van der Waals surface area contributed by atoms with Gasteiger partial charge in [-0.3, -0.25) is 0 Å². The van der Waals surface area contributed by atoms with Crippen molar-refractivity contribution in [3.05, 3.63) is 67.0 Å². The number of hydrogen-bond acceptors (Lipinski definition) is 4. The van der Waals surface area contributed by atoms with Crippen molar-refractivity contribution in [3.63, 3.8) is 0 Å². The van der Waals surface area contributed by atoms with E-state index in [1.807, 2.05) is 16.8 Å². The van der Waals surface area contributed by atoms with E-state index in [1.165, 1.54) is 21.8 Å². The first-order valence-electron chi connectivity index (χ1n) is 8.57. The molecule has 0 saturated heterocycles. The number of fused-ring (bicyclic) bond motifs is 3. The van der Waals surface area contributed by atoms with E-state index in [9.17, 15) is 0 Å². The molecule has 6 nitrogen and oxygen atoms in total. The van der Waals surface area contributed by atoms with Gasteiger partial charge in [0.15, 0.2) is 0 Å². The fraction of sp³-hybridized carbons (Fsp3) is 0.100. The minimum atomic E-state index is 0.744. The molecule has 0 atom stereocenters. The summed E-state index contributed by atoms with van der Waals surface area (Å²) in [7, 11) is 0. The van der Waals surface area contributed by atoms with E-state index >= 15 is 0 Å². The molecule has 0 unspecified atom stereocenters. The highest BCUT2D eigenvalue weighted by Crippen LogP contribution is 2.31.